The molecule has 0 aliphatic carbocycles. The molecule has 0 bridgehead atoms. The van der Waals surface area contributed by atoms with Crippen molar-refractivity contribution in [2.45, 2.75) is 46.1 Å². The first-order chi connectivity index (χ1) is 12.1. The van der Waals surface area contributed by atoms with Crippen LogP contribution < -0.4 is 10.5 Å². The zero-order chi connectivity index (χ0) is 19.6. The molecule has 0 radical (unpaired) electrons. The first-order valence-electron chi connectivity index (χ1n) is 8.50. The van der Waals surface area contributed by atoms with Crippen molar-refractivity contribution in [3.05, 3.63) is 49.7 Å². The maximum absolute atomic E-state index is 6.29. The smallest absolute Gasteiger partial charge is 0.154 e. The van der Waals surface area contributed by atoms with Gasteiger partial charge in [-0.15, -0.1) is 0 Å². The van der Waals surface area contributed by atoms with E-state index in [0.717, 1.165) is 25.1 Å². The third-order valence-electron chi connectivity index (χ3n) is 4.24. The van der Waals surface area contributed by atoms with Crippen molar-refractivity contribution >= 4 is 90.4 Å². The molecular formula is C20H23I4NO. The molecule has 0 aromatic heterocycles. The molecule has 2 rings (SSSR count). The van der Waals surface area contributed by atoms with Crippen LogP contribution in [-0.4, -0.2) is 6.04 Å². The van der Waals surface area contributed by atoms with Crippen LogP contribution in [0.1, 0.15) is 44.7 Å². The van der Waals surface area contributed by atoms with Gasteiger partial charge < -0.3 is 10.5 Å². The van der Waals surface area contributed by atoms with E-state index in [-0.39, 0.29) is 6.04 Å². The largest absolute Gasteiger partial charge is 0.455 e. The first-order valence-corrected chi connectivity index (χ1v) is 12.8. The van der Waals surface area contributed by atoms with Crippen LogP contribution in [0.3, 0.4) is 0 Å². The third kappa shape index (κ3) is 6.06. The highest BCUT2D eigenvalue weighted by molar-refractivity contribution is 14.1. The van der Waals surface area contributed by atoms with Crippen LogP contribution in [0, 0.1) is 20.2 Å². The van der Waals surface area contributed by atoms with Crippen LogP contribution in [0.5, 0.6) is 11.5 Å². The van der Waals surface area contributed by atoms with Gasteiger partial charge in [0.25, 0.3) is 0 Å². The highest BCUT2D eigenvalue weighted by Gasteiger charge is 2.16. The second kappa shape index (κ2) is 10.2. The van der Waals surface area contributed by atoms with Crippen LogP contribution >= 0.6 is 90.4 Å². The highest BCUT2D eigenvalue weighted by atomic mass is 127. The van der Waals surface area contributed by atoms with Crippen molar-refractivity contribution in [1.29, 1.82) is 0 Å². The second-order valence-corrected chi connectivity index (χ2v) is 11.7. The fourth-order valence-electron chi connectivity index (χ4n) is 2.62. The van der Waals surface area contributed by atoms with Crippen LogP contribution in [0.15, 0.2) is 24.3 Å². The van der Waals surface area contributed by atoms with Crippen LogP contribution in [0.25, 0.3) is 0 Å². The number of halogens is 4. The molecule has 2 aromatic carbocycles. The molecule has 2 aromatic rings. The SMILES string of the molecule is CC(C)c1c(I)cc(Oc2c(I)cc(CC(N)C(C)C)cc2I)cc1I. The quantitative estimate of drug-likeness (QED) is 0.307. The zero-order valence-corrected chi connectivity index (χ0v) is 23.9. The first kappa shape index (κ1) is 23.4. The minimum atomic E-state index is 0.181. The van der Waals surface area contributed by atoms with E-state index in [0.29, 0.717) is 11.8 Å². The van der Waals surface area contributed by atoms with E-state index in [1.54, 1.807) is 0 Å². The average Bonchev–Trinajstić information content (AvgIpc) is 2.49. The van der Waals surface area contributed by atoms with Crippen LogP contribution in [0.2, 0.25) is 0 Å². The Morgan fingerprint density at radius 1 is 0.846 bits per heavy atom. The van der Waals surface area contributed by atoms with E-state index in [2.05, 4.69) is 142 Å². The molecule has 2 nitrogen and oxygen atoms in total. The molecule has 0 spiro atoms. The Labute approximate surface area is 211 Å². The van der Waals surface area contributed by atoms with Crippen LogP contribution in [-0.2, 0) is 6.42 Å². The molecule has 0 amide bonds. The Kier molecular flexibility index (Phi) is 9.22. The van der Waals surface area contributed by atoms with Gasteiger partial charge in [-0.2, -0.15) is 0 Å². The molecule has 0 saturated carbocycles. The predicted octanol–water partition coefficient (Wildman–Crippen LogP) is 7.55. The molecule has 0 fully saturated rings. The molecular weight excluding hydrogens is 778 g/mol. The topological polar surface area (TPSA) is 35.2 Å². The monoisotopic (exact) mass is 801 g/mol. The van der Waals surface area contributed by atoms with E-state index in [9.17, 15) is 0 Å². The molecule has 0 heterocycles. The number of rotatable bonds is 6. The molecule has 0 aliphatic heterocycles. The standard InChI is InChI=1S/C20H23I4NO/c1-10(2)18(25)7-12-5-16(23)20(17(24)6-12)26-13-8-14(21)19(11(3)4)15(22)9-13/h5-6,8-11,18H,7,25H2,1-4H3. The molecule has 2 N–H and O–H groups in total. The van der Waals surface area contributed by atoms with E-state index in [1.807, 2.05) is 0 Å². The normalized spacial score (nSPS) is 12.7. The maximum atomic E-state index is 6.29. The fourth-order valence-corrected chi connectivity index (χ4v) is 7.70. The number of nitrogens with two attached hydrogens (primary N) is 1. The lowest BCUT2D eigenvalue weighted by atomic mass is 9.97. The Morgan fingerprint density at radius 3 is 1.77 bits per heavy atom. The van der Waals surface area contributed by atoms with Gasteiger partial charge in [0.05, 0.1) is 7.14 Å². The van der Waals surface area contributed by atoms with Crippen molar-refractivity contribution in [3.8, 4) is 11.5 Å². The van der Waals surface area contributed by atoms with Gasteiger partial charge in [-0.1, -0.05) is 27.7 Å². The Bertz CT molecular complexity index is 743. The number of hydrogen-bond donors (Lipinski definition) is 1. The minimum absolute atomic E-state index is 0.181. The summed E-state index contributed by atoms with van der Waals surface area (Å²) in [6.45, 7) is 8.80. The maximum Gasteiger partial charge on any atom is 0.154 e. The molecule has 26 heavy (non-hydrogen) atoms. The number of benzene rings is 2. The predicted molar refractivity (Wildman–Crippen MR) is 144 cm³/mol. The summed E-state index contributed by atoms with van der Waals surface area (Å²) in [5, 5.41) is 0. The zero-order valence-electron chi connectivity index (χ0n) is 15.2. The van der Waals surface area contributed by atoms with Gasteiger partial charge in [-0.25, -0.2) is 0 Å². The van der Waals surface area contributed by atoms with Crippen molar-refractivity contribution in [1.82, 2.24) is 0 Å². The lowest BCUT2D eigenvalue weighted by Gasteiger charge is -2.18. The third-order valence-corrected chi connectivity index (χ3v) is 7.62. The summed E-state index contributed by atoms with van der Waals surface area (Å²) in [6, 6.07) is 8.83. The van der Waals surface area contributed by atoms with E-state index in [4.69, 9.17) is 10.5 Å². The Morgan fingerprint density at radius 2 is 1.35 bits per heavy atom. The van der Waals surface area contributed by atoms with Gasteiger partial charge >= 0.3 is 0 Å². The summed E-state index contributed by atoms with van der Waals surface area (Å²) in [6.07, 6.45) is 0.892. The van der Waals surface area contributed by atoms with Crippen molar-refractivity contribution in [2.75, 3.05) is 0 Å². The Balaban J connectivity index is 2.30. The lowest BCUT2D eigenvalue weighted by Crippen LogP contribution is -2.28. The summed E-state index contributed by atoms with van der Waals surface area (Å²) in [4.78, 5) is 0. The van der Waals surface area contributed by atoms with Crippen molar-refractivity contribution in [3.63, 3.8) is 0 Å². The highest BCUT2D eigenvalue weighted by Crippen LogP contribution is 2.36. The Hall–Kier alpha value is 1.12. The molecule has 0 aliphatic rings. The number of hydrogen-bond acceptors (Lipinski definition) is 2. The van der Waals surface area contributed by atoms with Crippen molar-refractivity contribution in [2.24, 2.45) is 11.7 Å². The van der Waals surface area contributed by atoms with Crippen molar-refractivity contribution < 1.29 is 4.74 Å². The summed E-state index contributed by atoms with van der Waals surface area (Å²) in [5.74, 6) is 2.81. The van der Waals surface area contributed by atoms with Gasteiger partial charge in [-0.3, -0.25) is 0 Å². The summed E-state index contributed by atoms with van der Waals surface area (Å²) in [7, 11) is 0. The number of ether oxygens (including phenoxy) is 1. The second-order valence-electron chi connectivity index (χ2n) is 7.06. The van der Waals surface area contributed by atoms with Gasteiger partial charge in [0, 0.05) is 13.2 Å². The summed E-state index contributed by atoms with van der Waals surface area (Å²) >= 11 is 9.54. The van der Waals surface area contributed by atoms with Gasteiger partial charge in [0.1, 0.15) is 5.75 Å². The fraction of sp³-hybridized carbons (Fsp3) is 0.400. The average molecular weight is 801 g/mol. The molecule has 1 atom stereocenters. The lowest BCUT2D eigenvalue weighted by molar-refractivity contribution is 0.472. The van der Waals surface area contributed by atoms with Gasteiger partial charge in [-0.05, 0) is 144 Å². The van der Waals surface area contributed by atoms with Gasteiger partial charge in [0.2, 0.25) is 0 Å². The van der Waals surface area contributed by atoms with E-state index >= 15 is 0 Å². The molecule has 1 unspecified atom stereocenters. The van der Waals surface area contributed by atoms with Crippen LogP contribution in [0.4, 0.5) is 0 Å². The van der Waals surface area contributed by atoms with E-state index < -0.39 is 0 Å². The molecule has 0 saturated heterocycles. The molecule has 6 heteroatoms. The van der Waals surface area contributed by atoms with E-state index in [1.165, 1.54) is 18.3 Å². The summed E-state index contributed by atoms with van der Waals surface area (Å²) < 4.78 is 11.0. The summed E-state index contributed by atoms with van der Waals surface area (Å²) in [5.41, 5.74) is 8.90. The molecule has 142 valence electrons. The minimum Gasteiger partial charge on any atom is -0.455 e. The van der Waals surface area contributed by atoms with Gasteiger partial charge in [0.15, 0.2) is 5.75 Å².